The molecular formula is C12H15BF4N2O. The molecule has 110 valence electrons. The van der Waals surface area contributed by atoms with Crippen LogP contribution in [0.25, 0.3) is 0 Å². The average molecular weight is 290 g/mol. The summed E-state index contributed by atoms with van der Waals surface area (Å²) in [4.78, 5) is 11.5. The van der Waals surface area contributed by atoms with Gasteiger partial charge in [0.1, 0.15) is 0 Å². The van der Waals surface area contributed by atoms with E-state index in [1.807, 2.05) is 17.0 Å². The first kappa shape index (κ1) is 17.9. The number of carbonyl (C=O) groups excluding carboxylic acids is 1. The number of allylic oxidation sites excluding steroid dienone is 1. The second kappa shape index (κ2) is 8.90. The Labute approximate surface area is 114 Å². The number of carbonyl (C=O) groups is 1. The van der Waals surface area contributed by atoms with Crippen LogP contribution in [0.15, 0.2) is 49.8 Å². The van der Waals surface area contributed by atoms with Gasteiger partial charge in [0.05, 0.1) is 5.56 Å². The van der Waals surface area contributed by atoms with Gasteiger partial charge in [0.2, 0.25) is 0 Å². The van der Waals surface area contributed by atoms with Gasteiger partial charge < -0.3 is 22.6 Å². The Hall–Kier alpha value is -2.12. The lowest BCUT2D eigenvalue weighted by atomic mass is 10.2. The molecule has 1 N–H and O–H groups in total. The van der Waals surface area contributed by atoms with E-state index < -0.39 is 7.25 Å². The SMILES string of the molecule is C=CCNC(=O)c1cc[n+](CC=C)cc1.F[B-](F)(F)F. The number of hydrogen-bond donors (Lipinski definition) is 1. The lowest BCUT2D eigenvalue weighted by Crippen LogP contribution is -2.32. The standard InChI is InChI=1S/C12H14N2O.BF4/c1-3-7-13-12(15)11-5-9-14(8-4-2)10-6-11;2-1(3,4)5/h3-6,9-10H,1-2,7-8H2;/q;-1/p+1. The van der Waals surface area contributed by atoms with E-state index >= 15 is 0 Å². The van der Waals surface area contributed by atoms with Gasteiger partial charge in [0, 0.05) is 18.7 Å². The highest BCUT2D eigenvalue weighted by molar-refractivity contribution is 6.50. The van der Waals surface area contributed by atoms with Gasteiger partial charge >= 0.3 is 7.25 Å². The molecule has 20 heavy (non-hydrogen) atoms. The summed E-state index contributed by atoms with van der Waals surface area (Å²) in [5, 5.41) is 2.71. The fourth-order valence-corrected chi connectivity index (χ4v) is 1.15. The first-order chi connectivity index (χ1) is 9.27. The van der Waals surface area contributed by atoms with Gasteiger partial charge in [0.25, 0.3) is 5.91 Å². The van der Waals surface area contributed by atoms with Crippen molar-refractivity contribution in [3.05, 3.63) is 55.4 Å². The molecule has 0 aliphatic rings. The van der Waals surface area contributed by atoms with Crippen molar-refractivity contribution in [3.63, 3.8) is 0 Å². The summed E-state index contributed by atoms with van der Waals surface area (Å²) < 4.78 is 40.9. The molecule has 8 heteroatoms. The van der Waals surface area contributed by atoms with E-state index in [0.717, 1.165) is 6.54 Å². The first-order valence-corrected chi connectivity index (χ1v) is 5.64. The Morgan fingerprint density at radius 2 is 1.70 bits per heavy atom. The Balaban J connectivity index is 0.000000621. The van der Waals surface area contributed by atoms with E-state index in [0.29, 0.717) is 12.1 Å². The Kier molecular flexibility index (Phi) is 7.95. The van der Waals surface area contributed by atoms with Crippen LogP contribution in [-0.4, -0.2) is 19.7 Å². The second-order valence-electron chi connectivity index (χ2n) is 3.57. The third-order valence-electron chi connectivity index (χ3n) is 1.90. The van der Waals surface area contributed by atoms with Gasteiger partial charge in [0.15, 0.2) is 18.9 Å². The maximum absolute atomic E-state index is 11.5. The molecule has 0 aromatic carbocycles. The van der Waals surface area contributed by atoms with E-state index in [1.165, 1.54) is 0 Å². The Bertz CT molecular complexity index is 440. The lowest BCUT2D eigenvalue weighted by Gasteiger charge is -2.00. The van der Waals surface area contributed by atoms with Gasteiger partial charge in [-0.05, 0) is 6.08 Å². The van der Waals surface area contributed by atoms with E-state index in [2.05, 4.69) is 18.5 Å². The molecule has 1 aromatic heterocycles. The third-order valence-corrected chi connectivity index (χ3v) is 1.90. The van der Waals surface area contributed by atoms with Crippen molar-refractivity contribution in [2.45, 2.75) is 6.54 Å². The number of hydrogen-bond acceptors (Lipinski definition) is 1. The van der Waals surface area contributed by atoms with Crippen LogP contribution >= 0.6 is 0 Å². The predicted molar refractivity (Wildman–Crippen MR) is 69.6 cm³/mol. The molecule has 1 heterocycles. The van der Waals surface area contributed by atoms with Crippen molar-refractivity contribution in [1.82, 2.24) is 5.32 Å². The van der Waals surface area contributed by atoms with Gasteiger partial charge in [-0.15, -0.1) is 6.58 Å². The Morgan fingerprint density at radius 1 is 1.20 bits per heavy atom. The molecule has 0 unspecified atom stereocenters. The number of amides is 1. The number of aromatic nitrogens is 1. The summed E-state index contributed by atoms with van der Waals surface area (Å²) in [5.41, 5.74) is 0.650. The molecule has 3 nitrogen and oxygen atoms in total. The van der Waals surface area contributed by atoms with E-state index in [1.54, 1.807) is 24.3 Å². The molecule has 1 amide bonds. The van der Waals surface area contributed by atoms with E-state index in [9.17, 15) is 22.1 Å². The van der Waals surface area contributed by atoms with Crippen molar-refractivity contribution in [1.29, 1.82) is 0 Å². The largest absolute Gasteiger partial charge is 0.673 e. The van der Waals surface area contributed by atoms with E-state index in [4.69, 9.17) is 0 Å². The topological polar surface area (TPSA) is 33.0 Å². The van der Waals surface area contributed by atoms with Gasteiger partial charge in [-0.3, -0.25) is 4.79 Å². The normalized spacial score (nSPS) is 10.0. The molecule has 0 saturated carbocycles. The molecule has 0 spiro atoms. The highest BCUT2D eigenvalue weighted by atomic mass is 19.5. The number of halogens is 4. The van der Waals surface area contributed by atoms with Crippen molar-refractivity contribution in [2.24, 2.45) is 0 Å². The highest BCUT2D eigenvalue weighted by Crippen LogP contribution is 2.06. The van der Waals surface area contributed by atoms with Crippen LogP contribution < -0.4 is 9.88 Å². The van der Waals surface area contributed by atoms with Gasteiger partial charge in [-0.2, -0.15) is 0 Å². The van der Waals surface area contributed by atoms with Crippen molar-refractivity contribution in [3.8, 4) is 0 Å². The fraction of sp³-hybridized carbons (Fsp3) is 0.167. The molecular weight excluding hydrogens is 275 g/mol. The predicted octanol–water partition coefficient (Wildman–Crippen LogP) is 2.38. The number of nitrogens with one attached hydrogen (secondary N) is 1. The third kappa shape index (κ3) is 9.87. The smallest absolute Gasteiger partial charge is 0.418 e. The summed E-state index contributed by atoms with van der Waals surface area (Å²) in [6, 6.07) is 3.56. The number of nitrogens with zero attached hydrogens (tertiary/aromatic N) is 1. The minimum Gasteiger partial charge on any atom is -0.418 e. The first-order valence-electron chi connectivity index (χ1n) is 5.64. The number of rotatable bonds is 5. The van der Waals surface area contributed by atoms with Crippen molar-refractivity contribution in [2.75, 3.05) is 6.54 Å². The van der Waals surface area contributed by atoms with Gasteiger partial charge in [-0.1, -0.05) is 12.7 Å². The maximum Gasteiger partial charge on any atom is 0.673 e. The summed E-state index contributed by atoms with van der Waals surface area (Å²) in [6.07, 6.45) is 7.16. The fourth-order valence-electron chi connectivity index (χ4n) is 1.15. The van der Waals surface area contributed by atoms with Crippen LogP contribution in [0.4, 0.5) is 17.3 Å². The van der Waals surface area contributed by atoms with Crippen LogP contribution in [0.3, 0.4) is 0 Å². The van der Waals surface area contributed by atoms with Gasteiger partial charge in [-0.25, -0.2) is 4.57 Å². The summed E-state index contributed by atoms with van der Waals surface area (Å²) in [7, 11) is -6.00. The molecule has 1 rings (SSSR count). The Morgan fingerprint density at radius 3 is 2.10 bits per heavy atom. The molecule has 0 fully saturated rings. The van der Waals surface area contributed by atoms with Crippen LogP contribution in [0.2, 0.25) is 0 Å². The molecule has 0 saturated heterocycles. The highest BCUT2D eigenvalue weighted by Gasteiger charge is 2.20. The summed E-state index contributed by atoms with van der Waals surface area (Å²) >= 11 is 0. The van der Waals surface area contributed by atoms with Crippen molar-refractivity contribution < 1.29 is 26.6 Å². The zero-order valence-electron chi connectivity index (χ0n) is 10.7. The minimum atomic E-state index is -6.00. The zero-order chi connectivity index (χ0) is 15.6. The van der Waals surface area contributed by atoms with Crippen LogP contribution in [-0.2, 0) is 6.54 Å². The molecule has 0 aliphatic carbocycles. The van der Waals surface area contributed by atoms with Crippen LogP contribution in [0.5, 0.6) is 0 Å². The number of pyridine rings is 1. The van der Waals surface area contributed by atoms with E-state index in [-0.39, 0.29) is 5.91 Å². The van der Waals surface area contributed by atoms with Crippen LogP contribution in [0.1, 0.15) is 10.4 Å². The summed E-state index contributed by atoms with van der Waals surface area (Å²) in [5.74, 6) is -0.0827. The molecule has 0 aliphatic heterocycles. The lowest BCUT2D eigenvalue weighted by molar-refractivity contribution is -0.687. The minimum absolute atomic E-state index is 0.0827. The maximum atomic E-state index is 11.5. The molecule has 0 atom stereocenters. The monoisotopic (exact) mass is 290 g/mol. The van der Waals surface area contributed by atoms with Crippen LogP contribution in [0, 0.1) is 0 Å². The molecule has 0 radical (unpaired) electrons. The average Bonchev–Trinajstić information content (AvgIpc) is 2.35. The zero-order valence-corrected chi connectivity index (χ0v) is 10.7. The quantitative estimate of drug-likeness (QED) is 0.384. The molecule has 0 bridgehead atoms. The van der Waals surface area contributed by atoms with Crippen molar-refractivity contribution >= 4 is 13.2 Å². The molecule has 1 aromatic rings. The second-order valence-corrected chi connectivity index (χ2v) is 3.57. The summed E-state index contributed by atoms with van der Waals surface area (Å²) in [6.45, 7) is 8.41.